The molecule has 4 atom stereocenters. The number of hydrogen-bond donors (Lipinski definition) is 1. The molecule has 142 valence electrons. The minimum Gasteiger partial charge on any atom is -0.369 e. The van der Waals surface area contributed by atoms with Crippen molar-refractivity contribution in [3.63, 3.8) is 0 Å². The SMILES string of the molecule is CC1(C)COC2(OC1)[C@@H]1[C@H]2C2=C(c3ccccc3C2=O)C2(O)OCCO[C@@H]12. The van der Waals surface area contributed by atoms with E-state index in [9.17, 15) is 9.90 Å². The average molecular weight is 370 g/mol. The first-order chi connectivity index (χ1) is 12.9. The van der Waals surface area contributed by atoms with Gasteiger partial charge >= 0.3 is 0 Å². The molecule has 6 nitrogen and oxygen atoms in total. The quantitative estimate of drug-likeness (QED) is 0.750. The van der Waals surface area contributed by atoms with Gasteiger partial charge in [0.2, 0.25) is 5.79 Å². The Kier molecular flexibility index (Phi) is 2.96. The summed E-state index contributed by atoms with van der Waals surface area (Å²) in [6.07, 6.45) is -0.616. The van der Waals surface area contributed by atoms with Crippen LogP contribution in [0.4, 0.5) is 0 Å². The molecule has 1 spiro atoms. The Labute approximate surface area is 157 Å². The van der Waals surface area contributed by atoms with E-state index in [0.29, 0.717) is 36.5 Å². The van der Waals surface area contributed by atoms with Crippen molar-refractivity contribution in [1.82, 2.24) is 0 Å². The summed E-state index contributed by atoms with van der Waals surface area (Å²) in [6, 6.07) is 7.37. The fraction of sp³-hybridized carbons (Fsp3) is 0.571. The zero-order chi connectivity index (χ0) is 18.6. The van der Waals surface area contributed by atoms with E-state index >= 15 is 0 Å². The molecule has 0 aromatic heterocycles. The minimum absolute atomic E-state index is 0.0643. The van der Waals surface area contributed by atoms with Gasteiger partial charge in [0.05, 0.1) is 38.3 Å². The Morgan fingerprint density at radius 3 is 2.48 bits per heavy atom. The molecule has 6 heteroatoms. The van der Waals surface area contributed by atoms with Gasteiger partial charge in [-0.3, -0.25) is 4.79 Å². The van der Waals surface area contributed by atoms with Crippen LogP contribution < -0.4 is 0 Å². The van der Waals surface area contributed by atoms with Gasteiger partial charge in [-0.1, -0.05) is 38.1 Å². The van der Waals surface area contributed by atoms with Crippen molar-refractivity contribution in [2.45, 2.75) is 31.5 Å². The third-order valence-corrected chi connectivity index (χ3v) is 6.56. The number of hydrogen-bond acceptors (Lipinski definition) is 6. The molecular weight excluding hydrogens is 348 g/mol. The van der Waals surface area contributed by atoms with Crippen LogP contribution in [0.5, 0.6) is 0 Å². The first-order valence-corrected chi connectivity index (χ1v) is 9.54. The molecule has 3 aliphatic carbocycles. The summed E-state index contributed by atoms with van der Waals surface area (Å²) in [5.74, 6) is -3.12. The normalized spacial score (nSPS) is 40.3. The van der Waals surface area contributed by atoms with Gasteiger partial charge in [-0.25, -0.2) is 0 Å². The number of aliphatic hydroxyl groups is 1. The van der Waals surface area contributed by atoms with Crippen LogP contribution in [-0.4, -0.2) is 55.0 Å². The highest BCUT2D eigenvalue weighted by Gasteiger charge is 2.81. The lowest BCUT2D eigenvalue weighted by molar-refractivity contribution is -0.301. The molecule has 0 radical (unpaired) electrons. The highest BCUT2D eigenvalue weighted by molar-refractivity contribution is 6.22. The number of ketones is 1. The Morgan fingerprint density at radius 2 is 1.74 bits per heavy atom. The molecule has 2 saturated heterocycles. The summed E-state index contributed by atoms with van der Waals surface area (Å²) in [5, 5.41) is 11.6. The molecule has 5 aliphatic rings. The van der Waals surface area contributed by atoms with Gasteiger partial charge in [-0.05, 0) is 5.56 Å². The molecule has 27 heavy (non-hydrogen) atoms. The molecule has 0 bridgehead atoms. The Bertz CT molecular complexity index is 892. The van der Waals surface area contributed by atoms with Crippen LogP contribution in [-0.2, 0) is 18.9 Å². The fourth-order valence-electron chi connectivity index (χ4n) is 5.32. The summed E-state index contributed by atoms with van der Waals surface area (Å²) in [7, 11) is 0. The van der Waals surface area contributed by atoms with Gasteiger partial charge in [0.1, 0.15) is 6.10 Å². The zero-order valence-corrected chi connectivity index (χ0v) is 15.4. The Hall–Kier alpha value is -1.57. The van der Waals surface area contributed by atoms with Crippen molar-refractivity contribution in [3.05, 3.63) is 41.0 Å². The number of rotatable bonds is 0. The summed E-state index contributed by atoms with van der Waals surface area (Å²) >= 11 is 0. The number of carbonyl (C=O) groups is 1. The maximum absolute atomic E-state index is 13.3. The highest BCUT2D eigenvalue weighted by Crippen LogP contribution is 2.70. The molecule has 1 unspecified atom stereocenters. The lowest BCUT2D eigenvalue weighted by Gasteiger charge is -2.43. The molecule has 3 fully saturated rings. The maximum Gasteiger partial charge on any atom is 0.221 e. The smallest absolute Gasteiger partial charge is 0.221 e. The van der Waals surface area contributed by atoms with Crippen molar-refractivity contribution in [2.75, 3.05) is 26.4 Å². The monoisotopic (exact) mass is 370 g/mol. The standard InChI is InChI=1S/C21H22O6/c1-19(2)9-26-21(27-10-19)15-13-14(11-5-3-4-6-12(11)17(13)22)20(23)18(16(15)21)24-7-8-25-20/h3-6,15-16,18,23H,7-10H2,1-2H3/t15-,16-,18+,20?/m1/s1. The van der Waals surface area contributed by atoms with Gasteiger partial charge in [0.15, 0.2) is 11.6 Å². The first-order valence-electron chi connectivity index (χ1n) is 9.54. The Balaban J connectivity index is 1.53. The van der Waals surface area contributed by atoms with Crippen LogP contribution >= 0.6 is 0 Å². The number of fused-ring (bicyclic) bond motifs is 9. The molecule has 2 aliphatic heterocycles. The highest BCUT2D eigenvalue weighted by atomic mass is 16.7. The minimum atomic E-state index is -1.65. The predicted octanol–water partition coefficient (Wildman–Crippen LogP) is 1.77. The van der Waals surface area contributed by atoms with Gasteiger partial charge in [0, 0.05) is 22.1 Å². The summed E-state index contributed by atoms with van der Waals surface area (Å²) in [6.45, 7) is 5.92. The van der Waals surface area contributed by atoms with E-state index in [2.05, 4.69) is 13.8 Å². The number of benzene rings is 1. The van der Waals surface area contributed by atoms with E-state index in [-0.39, 0.29) is 29.6 Å². The van der Waals surface area contributed by atoms with Crippen molar-refractivity contribution in [1.29, 1.82) is 0 Å². The van der Waals surface area contributed by atoms with E-state index in [4.69, 9.17) is 18.9 Å². The van der Waals surface area contributed by atoms with E-state index < -0.39 is 17.7 Å². The first kappa shape index (κ1) is 16.4. The van der Waals surface area contributed by atoms with Crippen LogP contribution in [0.3, 0.4) is 0 Å². The fourth-order valence-corrected chi connectivity index (χ4v) is 5.32. The van der Waals surface area contributed by atoms with Gasteiger partial charge in [-0.2, -0.15) is 0 Å². The van der Waals surface area contributed by atoms with Crippen LogP contribution in [0, 0.1) is 17.3 Å². The van der Waals surface area contributed by atoms with Gasteiger partial charge in [0.25, 0.3) is 0 Å². The van der Waals surface area contributed by atoms with E-state index in [1.165, 1.54) is 0 Å². The van der Waals surface area contributed by atoms with Crippen LogP contribution in [0.1, 0.15) is 29.8 Å². The molecular formula is C21H22O6. The summed E-state index contributed by atoms with van der Waals surface area (Å²) < 4.78 is 24.3. The number of ether oxygens (including phenoxy) is 4. The molecule has 2 heterocycles. The van der Waals surface area contributed by atoms with Crippen LogP contribution in [0.25, 0.3) is 5.57 Å². The van der Waals surface area contributed by atoms with E-state index in [0.717, 1.165) is 5.56 Å². The summed E-state index contributed by atoms with van der Waals surface area (Å²) in [5.41, 5.74) is 2.36. The van der Waals surface area contributed by atoms with Crippen molar-refractivity contribution in [3.8, 4) is 0 Å². The second-order valence-electron chi connectivity index (χ2n) is 8.97. The lowest BCUT2D eigenvalue weighted by atomic mass is 9.83. The molecule has 1 N–H and O–H groups in total. The average Bonchev–Trinajstić information content (AvgIpc) is 3.19. The summed E-state index contributed by atoms with van der Waals surface area (Å²) in [4.78, 5) is 13.3. The lowest BCUT2D eigenvalue weighted by Crippen LogP contribution is -2.55. The third-order valence-electron chi connectivity index (χ3n) is 6.56. The number of carbonyl (C=O) groups excluding carboxylic acids is 1. The van der Waals surface area contributed by atoms with Gasteiger partial charge < -0.3 is 24.1 Å². The van der Waals surface area contributed by atoms with Crippen molar-refractivity contribution < 1.29 is 28.8 Å². The molecule has 0 amide bonds. The molecule has 6 rings (SSSR count). The van der Waals surface area contributed by atoms with E-state index in [1.807, 2.05) is 18.2 Å². The second kappa shape index (κ2) is 4.88. The van der Waals surface area contributed by atoms with Crippen LogP contribution in [0.15, 0.2) is 29.8 Å². The maximum atomic E-state index is 13.3. The number of Topliss-reactive ketones (excluding diaryl/α,β-unsaturated/α-hetero) is 1. The zero-order valence-electron chi connectivity index (χ0n) is 15.4. The third kappa shape index (κ3) is 1.85. The Morgan fingerprint density at radius 1 is 1.04 bits per heavy atom. The second-order valence-corrected chi connectivity index (χ2v) is 8.97. The van der Waals surface area contributed by atoms with Crippen molar-refractivity contribution >= 4 is 11.4 Å². The van der Waals surface area contributed by atoms with Crippen LogP contribution in [0.2, 0.25) is 0 Å². The predicted molar refractivity (Wildman–Crippen MR) is 93.7 cm³/mol. The van der Waals surface area contributed by atoms with Crippen molar-refractivity contribution in [2.24, 2.45) is 17.3 Å². The molecule has 1 saturated carbocycles. The topological polar surface area (TPSA) is 74.2 Å². The van der Waals surface area contributed by atoms with Gasteiger partial charge in [-0.15, -0.1) is 0 Å². The van der Waals surface area contributed by atoms with E-state index in [1.54, 1.807) is 6.07 Å². The molecule has 1 aromatic carbocycles. The largest absolute Gasteiger partial charge is 0.369 e. The molecule has 1 aromatic rings.